The first-order valence-corrected chi connectivity index (χ1v) is 5.65. The maximum absolute atomic E-state index is 5.33. The molecule has 0 atom stereocenters. The largest absolute Gasteiger partial charge is 0.454 e. The van der Waals surface area contributed by atoms with Crippen molar-refractivity contribution in [3.63, 3.8) is 0 Å². The molecule has 0 radical (unpaired) electrons. The second-order valence-corrected chi connectivity index (χ2v) is 3.87. The van der Waals surface area contributed by atoms with E-state index < -0.39 is 0 Å². The average Bonchev–Trinajstić information content (AvgIpc) is 2.86. The summed E-state index contributed by atoms with van der Waals surface area (Å²) in [7, 11) is 1.84. The Morgan fingerprint density at radius 3 is 2.78 bits per heavy atom. The quantitative estimate of drug-likeness (QED) is 0.867. The van der Waals surface area contributed by atoms with Gasteiger partial charge in [0.1, 0.15) is 5.82 Å². The van der Waals surface area contributed by atoms with E-state index in [4.69, 9.17) is 9.47 Å². The van der Waals surface area contributed by atoms with E-state index in [-0.39, 0.29) is 6.79 Å². The first kappa shape index (κ1) is 10.7. The average molecular weight is 243 g/mol. The zero-order valence-electron chi connectivity index (χ0n) is 9.93. The molecule has 0 saturated heterocycles. The Morgan fingerprint density at radius 2 is 1.89 bits per heavy atom. The number of pyridine rings is 1. The van der Waals surface area contributed by atoms with Crippen molar-refractivity contribution >= 4 is 17.2 Å². The third-order valence-corrected chi connectivity index (χ3v) is 2.68. The van der Waals surface area contributed by atoms with Crippen molar-refractivity contribution in [1.82, 2.24) is 4.98 Å². The van der Waals surface area contributed by atoms with Crippen molar-refractivity contribution in [2.45, 2.75) is 0 Å². The van der Waals surface area contributed by atoms with E-state index in [0.29, 0.717) is 0 Å². The summed E-state index contributed by atoms with van der Waals surface area (Å²) in [6.07, 6.45) is 1.75. The molecule has 1 aliphatic heterocycles. The predicted molar refractivity (Wildman–Crippen MR) is 69.6 cm³/mol. The molecule has 5 nitrogen and oxygen atoms in total. The fraction of sp³-hybridized carbons (Fsp3) is 0.154. The van der Waals surface area contributed by atoms with Gasteiger partial charge in [-0.25, -0.2) is 4.98 Å². The Balaban J connectivity index is 1.83. The van der Waals surface area contributed by atoms with Crippen molar-refractivity contribution in [2.75, 3.05) is 24.5 Å². The summed E-state index contributed by atoms with van der Waals surface area (Å²) >= 11 is 0. The highest BCUT2D eigenvalue weighted by atomic mass is 16.7. The lowest BCUT2D eigenvalue weighted by Gasteiger charge is -2.08. The second kappa shape index (κ2) is 4.44. The van der Waals surface area contributed by atoms with E-state index in [1.807, 2.05) is 37.4 Å². The first-order chi connectivity index (χ1) is 8.85. The van der Waals surface area contributed by atoms with Crippen LogP contribution in [-0.4, -0.2) is 18.8 Å². The molecule has 1 aromatic heterocycles. The van der Waals surface area contributed by atoms with Gasteiger partial charge in [0.25, 0.3) is 0 Å². The van der Waals surface area contributed by atoms with E-state index in [1.165, 1.54) is 0 Å². The highest BCUT2D eigenvalue weighted by molar-refractivity contribution is 5.65. The Labute approximate surface area is 105 Å². The minimum absolute atomic E-state index is 0.290. The van der Waals surface area contributed by atoms with Crippen LogP contribution >= 0.6 is 0 Å². The molecule has 0 fully saturated rings. The molecule has 3 rings (SSSR count). The number of aromatic nitrogens is 1. The number of hydrogen-bond donors (Lipinski definition) is 2. The Kier molecular flexibility index (Phi) is 2.64. The van der Waals surface area contributed by atoms with Crippen LogP contribution in [0.25, 0.3) is 0 Å². The van der Waals surface area contributed by atoms with Gasteiger partial charge in [0.05, 0.1) is 0 Å². The van der Waals surface area contributed by atoms with E-state index >= 15 is 0 Å². The number of anilines is 3. The summed E-state index contributed by atoms with van der Waals surface area (Å²) in [6.45, 7) is 0.290. The molecule has 1 aromatic carbocycles. The summed E-state index contributed by atoms with van der Waals surface area (Å²) in [5.41, 5.74) is 1.92. The SMILES string of the molecule is CNc1cc(Nc2ccc3c(c2)OCO3)ccn1. The summed E-state index contributed by atoms with van der Waals surface area (Å²) < 4.78 is 10.6. The third kappa shape index (κ3) is 2.02. The van der Waals surface area contributed by atoms with Crippen LogP contribution in [0, 0.1) is 0 Å². The topological polar surface area (TPSA) is 55.4 Å². The van der Waals surface area contributed by atoms with Crippen LogP contribution in [0.5, 0.6) is 11.5 Å². The zero-order chi connectivity index (χ0) is 12.4. The fourth-order valence-electron chi connectivity index (χ4n) is 1.79. The van der Waals surface area contributed by atoms with Crippen LogP contribution in [0.3, 0.4) is 0 Å². The monoisotopic (exact) mass is 243 g/mol. The van der Waals surface area contributed by atoms with Gasteiger partial charge in [0, 0.05) is 36.8 Å². The molecular formula is C13H13N3O2. The Hall–Kier alpha value is -2.43. The lowest BCUT2D eigenvalue weighted by Crippen LogP contribution is -1.95. The minimum atomic E-state index is 0.290. The molecule has 2 N–H and O–H groups in total. The van der Waals surface area contributed by atoms with E-state index in [2.05, 4.69) is 15.6 Å². The molecule has 1 aliphatic rings. The van der Waals surface area contributed by atoms with Gasteiger partial charge in [-0.05, 0) is 18.2 Å². The predicted octanol–water partition coefficient (Wildman–Crippen LogP) is 2.60. The first-order valence-electron chi connectivity index (χ1n) is 5.65. The molecule has 2 aromatic rings. The maximum atomic E-state index is 5.33. The number of benzene rings is 1. The van der Waals surface area contributed by atoms with Gasteiger partial charge in [-0.15, -0.1) is 0 Å². The number of ether oxygens (including phenoxy) is 2. The Morgan fingerprint density at radius 1 is 1.06 bits per heavy atom. The number of fused-ring (bicyclic) bond motifs is 1. The van der Waals surface area contributed by atoms with Gasteiger partial charge in [0.15, 0.2) is 11.5 Å². The van der Waals surface area contributed by atoms with Crippen LogP contribution in [-0.2, 0) is 0 Å². The molecule has 0 saturated carbocycles. The van der Waals surface area contributed by atoms with Crippen LogP contribution in [0.1, 0.15) is 0 Å². The molecule has 0 amide bonds. The molecule has 18 heavy (non-hydrogen) atoms. The molecule has 0 aliphatic carbocycles. The van der Waals surface area contributed by atoms with Gasteiger partial charge in [0.2, 0.25) is 6.79 Å². The highest BCUT2D eigenvalue weighted by Crippen LogP contribution is 2.35. The third-order valence-electron chi connectivity index (χ3n) is 2.68. The van der Waals surface area contributed by atoms with Crippen molar-refractivity contribution in [3.05, 3.63) is 36.5 Å². The Bertz CT molecular complexity index is 572. The fourth-order valence-corrected chi connectivity index (χ4v) is 1.79. The molecule has 0 bridgehead atoms. The van der Waals surface area contributed by atoms with Crippen molar-refractivity contribution in [1.29, 1.82) is 0 Å². The van der Waals surface area contributed by atoms with E-state index in [9.17, 15) is 0 Å². The van der Waals surface area contributed by atoms with Gasteiger partial charge in [-0.1, -0.05) is 0 Å². The van der Waals surface area contributed by atoms with Crippen molar-refractivity contribution in [2.24, 2.45) is 0 Å². The van der Waals surface area contributed by atoms with E-state index in [0.717, 1.165) is 28.7 Å². The van der Waals surface area contributed by atoms with Crippen LogP contribution < -0.4 is 20.1 Å². The number of hydrogen-bond acceptors (Lipinski definition) is 5. The van der Waals surface area contributed by atoms with Crippen LogP contribution in [0.4, 0.5) is 17.2 Å². The summed E-state index contributed by atoms with van der Waals surface area (Å²) in [4.78, 5) is 4.16. The number of nitrogens with one attached hydrogen (secondary N) is 2. The number of nitrogens with zero attached hydrogens (tertiary/aromatic N) is 1. The van der Waals surface area contributed by atoms with Gasteiger partial charge in [-0.3, -0.25) is 0 Å². The zero-order valence-corrected chi connectivity index (χ0v) is 9.93. The summed E-state index contributed by atoms with van der Waals surface area (Å²) in [5.74, 6) is 2.37. The molecule has 2 heterocycles. The normalized spacial score (nSPS) is 12.3. The van der Waals surface area contributed by atoms with Crippen molar-refractivity contribution in [3.8, 4) is 11.5 Å². The molecule has 92 valence electrons. The van der Waals surface area contributed by atoms with Crippen LogP contribution in [0.15, 0.2) is 36.5 Å². The standard InChI is InChI=1S/C13H13N3O2/c1-14-13-7-10(4-5-15-13)16-9-2-3-11-12(6-9)18-8-17-11/h2-7H,8H2,1H3,(H2,14,15,16). The summed E-state index contributed by atoms with van der Waals surface area (Å²) in [5, 5.41) is 6.29. The van der Waals surface area contributed by atoms with Gasteiger partial charge < -0.3 is 20.1 Å². The van der Waals surface area contributed by atoms with E-state index in [1.54, 1.807) is 6.20 Å². The van der Waals surface area contributed by atoms with Crippen molar-refractivity contribution < 1.29 is 9.47 Å². The lowest BCUT2D eigenvalue weighted by atomic mass is 10.2. The number of rotatable bonds is 3. The summed E-state index contributed by atoms with van der Waals surface area (Å²) in [6, 6.07) is 9.61. The molecule has 0 unspecified atom stereocenters. The minimum Gasteiger partial charge on any atom is -0.454 e. The van der Waals surface area contributed by atoms with Gasteiger partial charge >= 0.3 is 0 Å². The molecule has 0 spiro atoms. The lowest BCUT2D eigenvalue weighted by molar-refractivity contribution is 0.174. The van der Waals surface area contributed by atoms with Gasteiger partial charge in [-0.2, -0.15) is 0 Å². The van der Waals surface area contributed by atoms with Crippen LogP contribution in [0.2, 0.25) is 0 Å². The molecular weight excluding hydrogens is 230 g/mol. The highest BCUT2D eigenvalue weighted by Gasteiger charge is 2.13. The maximum Gasteiger partial charge on any atom is 0.231 e. The second-order valence-electron chi connectivity index (χ2n) is 3.87. The molecule has 5 heteroatoms. The smallest absolute Gasteiger partial charge is 0.231 e.